The van der Waals surface area contributed by atoms with Crippen molar-refractivity contribution in [1.29, 1.82) is 0 Å². The minimum Gasteiger partial charge on any atom is -0.376 e. The third kappa shape index (κ3) is 5.12. The Labute approximate surface area is 131 Å². The Bertz CT molecular complexity index is 403. The Hall–Kier alpha value is -0.860. The second-order valence-corrected chi connectivity index (χ2v) is 7.07. The molecule has 120 valence electrons. The standard InChI is InChI=1S/C19H33NO/c1-8-20-17(18(14(3)4)21-9-2)15-10-12-16(13-11-15)19(5,6)7/h10-14,17-18,20H,8-9H2,1-7H3. The fraction of sp³-hybridized carbons (Fsp3) is 0.684. The number of likely N-dealkylation sites (N-methyl/N-ethyl adjacent to an activating group) is 1. The maximum absolute atomic E-state index is 6.01. The Balaban J connectivity index is 3.04. The first-order valence-corrected chi connectivity index (χ1v) is 8.26. The molecule has 1 N–H and O–H groups in total. The van der Waals surface area contributed by atoms with Crippen LogP contribution in [0.25, 0.3) is 0 Å². The number of hydrogen-bond acceptors (Lipinski definition) is 2. The molecular weight excluding hydrogens is 258 g/mol. The Morgan fingerprint density at radius 2 is 1.62 bits per heavy atom. The van der Waals surface area contributed by atoms with Crippen LogP contribution >= 0.6 is 0 Å². The fourth-order valence-electron chi connectivity index (χ4n) is 2.70. The van der Waals surface area contributed by atoms with E-state index in [9.17, 15) is 0 Å². The number of hydrogen-bond donors (Lipinski definition) is 1. The summed E-state index contributed by atoms with van der Waals surface area (Å²) in [4.78, 5) is 0. The monoisotopic (exact) mass is 291 g/mol. The largest absolute Gasteiger partial charge is 0.376 e. The third-order valence-electron chi connectivity index (χ3n) is 3.90. The highest BCUT2D eigenvalue weighted by molar-refractivity contribution is 5.30. The van der Waals surface area contributed by atoms with Crippen LogP contribution in [-0.2, 0) is 10.2 Å². The molecular formula is C19H33NO. The van der Waals surface area contributed by atoms with Crippen LogP contribution in [0.3, 0.4) is 0 Å². The van der Waals surface area contributed by atoms with E-state index in [2.05, 4.69) is 78.0 Å². The third-order valence-corrected chi connectivity index (χ3v) is 3.90. The fourth-order valence-corrected chi connectivity index (χ4v) is 2.70. The van der Waals surface area contributed by atoms with E-state index in [1.165, 1.54) is 11.1 Å². The zero-order chi connectivity index (χ0) is 16.0. The zero-order valence-electron chi connectivity index (χ0n) is 14.9. The lowest BCUT2D eigenvalue weighted by molar-refractivity contribution is 0.00317. The lowest BCUT2D eigenvalue weighted by Crippen LogP contribution is -2.37. The van der Waals surface area contributed by atoms with Gasteiger partial charge in [-0.2, -0.15) is 0 Å². The molecule has 1 rings (SSSR count). The van der Waals surface area contributed by atoms with Crippen molar-refractivity contribution in [2.75, 3.05) is 13.2 Å². The highest BCUT2D eigenvalue weighted by Crippen LogP contribution is 2.28. The molecule has 0 amide bonds. The summed E-state index contributed by atoms with van der Waals surface area (Å²) in [6, 6.07) is 9.26. The van der Waals surface area contributed by atoms with E-state index in [1.54, 1.807) is 0 Å². The second kappa shape index (κ2) is 7.95. The van der Waals surface area contributed by atoms with Gasteiger partial charge in [-0.25, -0.2) is 0 Å². The normalized spacial score (nSPS) is 15.2. The van der Waals surface area contributed by atoms with Crippen LogP contribution in [0.5, 0.6) is 0 Å². The van der Waals surface area contributed by atoms with Gasteiger partial charge in [0, 0.05) is 6.61 Å². The van der Waals surface area contributed by atoms with Gasteiger partial charge in [-0.3, -0.25) is 0 Å². The van der Waals surface area contributed by atoms with Crippen LogP contribution < -0.4 is 5.32 Å². The lowest BCUT2D eigenvalue weighted by Gasteiger charge is -2.31. The molecule has 2 atom stereocenters. The zero-order valence-corrected chi connectivity index (χ0v) is 14.9. The molecule has 1 aromatic rings. The summed E-state index contributed by atoms with van der Waals surface area (Å²) in [5.74, 6) is 0.483. The predicted molar refractivity (Wildman–Crippen MR) is 91.8 cm³/mol. The summed E-state index contributed by atoms with van der Waals surface area (Å²) in [6.45, 7) is 17.1. The summed E-state index contributed by atoms with van der Waals surface area (Å²) in [7, 11) is 0. The first-order chi connectivity index (χ1) is 9.81. The van der Waals surface area contributed by atoms with Gasteiger partial charge in [0.2, 0.25) is 0 Å². The summed E-state index contributed by atoms with van der Waals surface area (Å²) >= 11 is 0. The number of ether oxygens (including phenoxy) is 1. The Morgan fingerprint density at radius 3 is 2.00 bits per heavy atom. The van der Waals surface area contributed by atoms with E-state index in [1.807, 2.05) is 0 Å². The predicted octanol–water partition coefficient (Wildman–Crippen LogP) is 4.70. The van der Waals surface area contributed by atoms with Crippen LogP contribution in [0.4, 0.5) is 0 Å². The van der Waals surface area contributed by atoms with Gasteiger partial charge in [-0.1, -0.05) is 65.8 Å². The van der Waals surface area contributed by atoms with E-state index >= 15 is 0 Å². The molecule has 2 heteroatoms. The molecule has 0 aliphatic heterocycles. The molecule has 21 heavy (non-hydrogen) atoms. The maximum Gasteiger partial charge on any atom is 0.0792 e. The van der Waals surface area contributed by atoms with Crippen LogP contribution in [0.2, 0.25) is 0 Å². The van der Waals surface area contributed by atoms with Gasteiger partial charge in [-0.15, -0.1) is 0 Å². The average molecular weight is 291 g/mol. The molecule has 0 bridgehead atoms. The van der Waals surface area contributed by atoms with E-state index in [4.69, 9.17) is 4.74 Å². The average Bonchev–Trinajstić information content (AvgIpc) is 2.41. The molecule has 0 aliphatic carbocycles. The van der Waals surface area contributed by atoms with Crippen molar-refractivity contribution in [3.05, 3.63) is 35.4 Å². The van der Waals surface area contributed by atoms with Gasteiger partial charge in [0.25, 0.3) is 0 Å². The van der Waals surface area contributed by atoms with Crippen molar-refractivity contribution in [1.82, 2.24) is 5.32 Å². The van der Waals surface area contributed by atoms with Crippen molar-refractivity contribution in [3.8, 4) is 0 Å². The topological polar surface area (TPSA) is 21.3 Å². The minimum absolute atomic E-state index is 0.198. The summed E-state index contributed by atoms with van der Waals surface area (Å²) in [5, 5.41) is 3.60. The molecule has 2 nitrogen and oxygen atoms in total. The summed E-state index contributed by atoms with van der Waals surface area (Å²) < 4.78 is 6.01. The lowest BCUT2D eigenvalue weighted by atomic mass is 9.85. The van der Waals surface area contributed by atoms with Crippen LogP contribution in [0.1, 0.15) is 65.6 Å². The van der Waals surface area contributed by atoms with E-state index in [0.717, 1.165) is 13.2 Å². The highest BCUT2D eigenvalue weighted by atomic mass is 16.5. The van der Waals surface area contributed by atoms with Gasteiger partial charge in [0.15, 0.2) is 0 Å². The minimum atomic E-state index is 0.198. The van der Waals surface area contributed by atoms with E-state index in [0.29, 0.717) is 5.92 Å². The summed E-state index contributed by atoms with van der Waals surface area (Å²) in [5.41, 5.74) is 2.89. The SMILES string of the molecule is CCNC(c1ccc(C(C)(C)C)cc1)C(OCC)C(C)C. The van der Waals surface area contributed by atoms with Gasteiger partial charge < -0.3 is 10.1 Å². The molecule has 1 aromatic carbocycles. The van der Waals surface area contributed by atoms with Crippen LogP contribution in [0, 0.1) is 5.92 Å². The Kier molecular flexibility index (Phi) is 6.89. The Morgan fingerprint density at radius 1 is 1.05 bits per heavy atom. The first kappa shape index (κ1) is 18.2. The molecule has 2 unspecified atom stereocenters. The second-order valence-electron chi connectivity index (χ2n) is 7.07. The van der Waals surface area contributed by atoms with E-state index < -0.39 is 0 Å². The first-order valence-electron chi connectivity index (χ1n) is 8.26. The van der Waals surface area contributed by atoms with Crippen molar-refractivity contribution in [2.24, 2.45) is 5.92 Å². The van der Waals surface area contributed by atoms with Crippen molar-refractivity contribution in [3.63, 3.8) is 0 Å². The van der Waals surface area contributed by atoms with E-state index in [-0.39, 0.29) is 17.6 Å². The smallest absolute Gasteiger partial charge is 0.0792 e. The number of nitrogens with one attached hydrogen (secondary N) is 1. The van der Waals surface area contributed by atoms with Crippen molar-refractivity contribution in [2.45, 2.75) is 66.0 Å². The van der Waals surface area contributed by atoms with Gasteiger partial charge >= 0.3 is 0 Å². The summed E-state index contributed by atoms with van der Waals surface area (Å²) in [6.07, 6.45) is 0.204. The molecule has 0 fully saturated rings. The highest BCUT2D eigenvalue weighted by Gasteiger charge is 2.26. The van der Waals surface area contributed by atoms with Crippen LogP contribution in [0.15, 0.2) is 24.3 Å². The van der Waals surface area contributed by atoms with Gasteiger partial charge in [0.1, 0.15) is 0 Å². The molecule has 0 saturated heterocycles. The molecule has 0 heterocycles. The number of benzene rings is 1. The van der Waals surface area contributed by atoms with Gasteiger partial charge in [-0.05, 0) is 35.9 Å². The van der Waals surface area contributed by atoms with Crippen molar-refractivity contribution >= 4 is 0 Å². The van der Waals surface area contributed by atoms with Crippen molar-refractivity contribution < 1.29 is 4.74 Å². The molecule has 0 aliphatic rings. The maximum atomic E-state index is 6.01. The number of rotatable bonds is 7. The van der Waals surface area contributed by atoms with Crippen LogP contribution in [-0.4, -0.2) is 19.3 Å². The molecule has 0 saturated carbocycles. The molecule has 0 spiro atoms. The quantitative estimate of drug-likeness (QED) is 0.786. The van der Waals surface area contributed by atoms with Gasteiger partial charge in [0.05, 0.1) is 12.1 Å². The molecule has 0 radical (unpaired) electrons. The molecule has 0 aromatic heterocycles.